The second-order valence-electron chi connectivity index (χ2n) is 5.96. The number of piperidine rings is 1. The van der Waals surface area contributed by atoms with Crippen LogP contribution in [0.5, 0.6) is 0 Å². The van der Waals surface area contributed by atoms with Crippen LogP contribution >= 0.6 is 0 Å². The average molecular weight is 262 g/mol. The summed E-state index contributed by atoms with van der Waals surface area (Å²) in [6.07, 6.45) is 7.75. The first-order valence-corrected chi connectivity index (χ1v) is 7.92. The predicted octanol–water partition coefficient (Wildman–Crippen LogP) is 2.95. The van der Waals surface area contributed by atoms with E-state index < -0.39 is 0 Å². The van der Waals surface area contributed by atoms with Crippen molar-refractivity contribution in [3.8, 4) is 0 Å². The molecule has 1 N–H and O–H groups in total. The summed E-state index contributed by atoms with van der Waals surface area (Å²) >= 11 is 0. The summed E-state index contributed by atoms with van der Waals surface area (Å²) in [4.78, 5) is 2.64. The molecule has 0 spiro atoms. The predicted molar refractivity (Wildman–Crippen MR) is 77.2 cm³/mol. The van der Waals surface area contributed by atoms with E-state index in [0.29, 0.717) is 12.1 Å². The molecule has 0 amide bonds. The summed E-state index contributed by atoms with van der Waals surface area (Å²) in [5.74, 6) is 2.25. The summed E-state index contributed by atoms with van der Waals surface area (Å²) in [6, 6.07) is 5.71. The van der Waals surface area contributed by atoms with Crippen LogP contribution in [0.1, 0.15) is 50.5 Å². The Morgan fingerprint density at radius 1 is 1.21 bits per heavy atom. The zero-order chi connectivity index (χ0) is 13.1. The highest BCUT2D eigenvalue weighted by Crippen LogP contribution is 2.26. The summed E-state index contributed by atoms with van der Waals surface area (Å²) in [5.41, 5.74) is 0. The normalized spacial score (nSPS) is 28.9. The molecule has 2 aliphatic heterocycles. The minimum atomic E-state index is 0.709. The van der Waals surface area contributed by atoms with Crippen LogP contribution in [0.4, 0.5) is 0 Å². The van der Waals surface area contributed by atoms with E-state index in [0.717, 1.165) is 24.5 Å². The van der Waals surface area contributed by atoms with E-state index in [9.17, 15) is 0 Å². The fraction of sp³-hybridized carbons (Fsp3) is 0.750. The molecule has 1 aromatic heterocycles. The number of hydrogen-bond acceptors (Lipinski definition) is 3. The maximum Gasteiger partial charge on any atom is 0.118 e. The highest BCUT2D eigenvalue weighted by molar-refractivity contribution is 5.07. The second kappa shape index (κ2) is 6.10. The number of hydrogen-bond donors (Lipinski definition) is 1. The monoisotopic (exact) mass is 262 g/mol. The third kappa shape index (κ3) is 3.03. The summed E-state index contributed by atoms with van der Waals surface area (Å²) < 4.78 is 5.88. The Labute approximate surface area is 116 Å². The molecule has 0 saturated carbocycles. The molecule has 2 atom stereocenters. The molecule has 19 heavy (non-hydrogen) atoms. The Kier molecular flexibility index (Phi) is 4.24. The maximum atomic E-state index is 5.88. The topological polar surface area (TPSA) is 28.4 Å². The standard InChI is InChI=1S/C16H26N2O/c1-2-13-8-9-14(19-13)12-18-11-4-3-7-16(18)15-6-5-10-17-15/h8-9,15-17H,2-7,10-12H2,1H3. The highest BCUT2D eigenvalue weighted by atomic mass is 16.3. The van der Waals surface area contributed by atoms with Crippen LogP contribution in [0.2, 0.25) is 0 Å². The summed E-state index contributed by atoms with van der Waals surface area (Å²) in [7, 11) is 0. The highest BCUT2D eigenvalue weighted by Gasteiger charge is 2.31. The van der Waals surface area contributed by atoms with Crippen molar-refractivity contribution >= 4 is 0 Å². The molecule has 2 aliphatic rings. The Balaban J connectivity index is 1.65. The number of likely N-dealkylation sites (tertiary alicyclic amines) is 1. The quantitative estimate of drug-likeness (QED) is 0.904. The van der Waals surface area contributed by atoms with Crippen molar-refractivity contribution in [2.24, 2.45) is 0 Å². The first-order chi connectivity index (χ1) is 9.36. The van der Waals surface area contributed by atoms with Gasteiger partial charge in [0.25, 0.3) is 0 Å². The smallest absolute Gasteiger partial charge is 0.118 e. The summed E-state index contributed by atoms with van der Waals surface area (Å²) in [5, 5.41) is 3.69. The number of rotatable bonds is 4. The van der Waals surface area contributed by atoms with Crippen LogP contribution in [-0.4, -0.2) is 30.1 Å². The Morgan fingerprint density at radius 3 is 2.84 bits per heavy atom. The lowest BCUT2D eigenvalue weighted by molar-refractivity contribution is 0.104. The zero-order valence-corrected chi connectivity index (χ0v) is 12.0. The van der Waals surface area contributed by atoms with Gasteiger partial charge in [-0.2, -0.15) is 0 Å². The summed E-state index contributed by atoms with van der Waals surface area (Å²) in [6.45, 7) is 5.57. The molecule has 2 fully saturated rings. The molecule has 0 radical (unpaired) electrons. The number of nitrogens with one attached hydrogen (secondary N) is 1. The van der Waals surface area contributed by atoms with E-state index >= 15 is 0 Å². The SMILES string of the molecule is CCc1ccc(CN2CCCCC2C2CCCN2)o1. The second-order valence-corrected chi connectivity index (χ2v) is 5.96. The van der Waals surface area contributed by atoms with E-state index in [2.05, 4.69) is 29.3 Å². The van der Waals surface area contributed by atoms with Crippen LogP contribution < -0.4 is 5.32 Å². The minimum Gasteiger partial charge on any atom is -0.465 e. The molecular weight excluding hydrogens is 236 g/mol. The van der Waals surface area contributed by atoms with Crippen LogP contribution in [0.25, 0.3) is 0 Å². The van der Waals surface area contributed by atoms with Crippen LogP contribution in [0, 0.1) is 0 Å². The Hall–Kier alpha value is -0.800. The van der Waals surface area contributed by atoms with E-state index in [-0.39, 0.29) is 0 Å². The molecule has 0 aromatic carbocycles. The first kappa shape index (κ1) is 13.2. The van der Waals surface area contributed by atoms with Crippen LogP contribution in [0.15, 0.2) is 16.5 Å². The lowest BCUT2D eigenvalue weighted by Gasteiger charge is -2.38. The van der Waals surface area contributed by atoms with E-state index in [1.54, 1.807) is 0 Å². The van der Waals surface area contributed by atoms with E-state index in [1.807, 2.05) is 0 Å². The van der Waals surface area contributed by atoms with Gasteiger partial charge in [0.15, 0.2) is 0 Å². The van der Waals surface area contributed by atoms with Gasteiger partial charge in [-0.25, -0.2) is 0 Å². The fourth-order valence-electron chi connectivity index (χ4n) is 3.61. The van der Waals surface area contributed by atoms with Crippen molar-refractivity contribution in [3.05, 3.63) is 23.7 Å². The number of furan rings is 1. The molecule has 0 aliphatic carbocycles. The van der Waals surface area contributed by atoms with Crippen LogP contribution in [-0.2, 0) is 13.0 Å². The van der Waals surface area contributed by atoms with E-state index in [1.165, 1.54) is 45.2 Å². The molecular formula is C16H26N2O. The van der Waals surface area contributed by atoms with Gasteiger partial charge in [-0.3, -0.25) is 4.90 Å². The lowest BCUT2D eigenvalue weighted by Crippen LogP contribution is -2.49. The average Bonchev–Trinajstić information content (AvgIpc) is 3.10. The minimum absolute atomic E-state index is 0.709. The van der Waals surface area contributed by atoms with Gasteiger partial charge in [0.1, 0.15) is 11.5 Å². The first-order valence-electron chi connectivity index (χ1n) is 7.92. The van der Waals surface area contributed by atoms with Gasteiger partial charge in [-0.1, -0.05) is 13.3 Å². The van der Waals surface area contributed by atoms with Crippen molar-refractivity contribution in [1.82, 2.24) is 10.2 Å². The third-order valence-electron chi connectivity index (χ3n) is 4.65. The molecule has 1 aromatic rings. The molecule has 3 rings (SSSR count). The van der Waals surface area contributed by atoms with Gasteiger partial charge in [-0.15, -0.1) is 0 Å². The Morgan fingerprint density at radius 2 is 2.11 bits per heavy atom. The van der Waals surface area contributed by atoms with E-state index in [4.69, 9.17) is 4.42 Å². The van der Waals surface area contributed by atoms with Gasteiger partial charge >= 0.3 is 0 Å². The molecule has 2 unspecified atom stereocenters. The molecule has 0 bridgehead atoms. The molecule has 3 heterocycles. The molecule has 3 heteroatoms. The molecule has 3 nitrogen and oxygen atoms in total. The van der Waals surface area contributed by atoms with Crippen molar-refractivity contribution in [1.29, 1.82) is 0 Å². The number of aryl methyl sites for hydroxylation is 1. The lowest BCUT2D eigenvalue weighted by atomic mass is 9.94. The van der Waals surface area contributed by atoms with Gasteiger partial charge in [-0.05, 0) is 50.9 Å². The molecule has 2 saturated heterocycles. The zero-order valence-electron chi connectivity index (χ0n) is 12.0. The van der Waals surface area contributed by atoms with Crippen molar-refractivity contribution < 1.29 is 4.42 Å². The largest absolute Gasteiger partial charge is 0.465 e. The van der Waals surface area contributed by atoms with Gasteiger partial charge in [0.05, 0.1) is 6.54 Å². The van der Waals surface area contributed by atoms with Gasteiger partial charge in [0.2, 0.25) is 0 Å². The Bertz CT molecular complexity index is 395. The van der Waals surface area contributed by atoms with Gasteiger partial charge in [0, 0.05) is 18.5 Å². The van der Waals surface area contributed by atoms with Gasteiger partial charge < -0.3 is 9.73 Å². The maximum absolute atomic E-state index is 5.88. The fourth-order valence-corrected chi connectivity index (χ4v) is 3.61. The van der Waals surface area contributed by atoms with Crippen LogP contribution in [0.3, 0.4) is 0 Å². The number of nitrogens with zero attached hydrogens (tertiary/aromatic N) is 1. The third-order valence-corrected chi connectivity index (χ3v) is 4.65. The van der Waals surface area contributed by atoms with Crippen molar-refractivity contribution in [3.63, 3.8) is 0 Å². The molecule has 106 valence electrons. The van der Waals surface area contributed by atoms with Crippen molar-refractivity contribution in [2.75, 3.05) is 13.1 Å². The van der Waals surface area contributed by atoms with Crippen molar-refractivity contribution in [2.45, 2.75) is 64.1 Å².